The van der Waals surface area contributed by atoms with Gasteiger partial charge in [-0.05, 0) is 49.3 Å². The summed E-state index contributed by atoms with van der Waals surface area (Å²) in [6, 6.07) is 6.08. The van der Waals surface area contributed by atoms with Crippen LogP contribution in [-0.4, -0.2) is 47.8 Å². The number of hydrogen-bond donors (Lipinski definition) is 0. The minimum Gasteiger partial charge on any atom is -0.337 e. The van der Waals surface area contributed by atoms with Crippen molar-refractivity contribution in [2.24, 2.45) is 5.92 Å². The van der Waals surface area contributed by atoms with E-state index in [1.807, 2.05) is 10.3 Å². The van der Waals surface area contributed by atoms with Crippen molar-refractivity contribution in [2.75, 3.05) is 26.2 Å². The smallest absolute Gasteiger partial charge is 0.256 e. The summed E-state index contributed by atoms with van der Waals surface area (Å²) >= 11 is 1.70. The van der Waals surface area contributed by atoms with E-state index in [1.165, 1.54) is 22.6 Å². The molecular weight excluding hydrogens is 375 g/mol. The van der Waals surface area contributed by atoms with Gasteiger partial charge >= 0.3 is 0 Å². The van der Waals surface area contributed by atoms with Crippen LogP contribution < -0.4 is 0 Å². The highest BCUT2D eigenvalue weighted by Gasteiger charge is 2.28. The van der Waals surface area contributed by atoms with Crippen LogP contribution in [0.15, 0.2) is 29.6 Å². The summed E-state index contributed by atoms with van der Waals surface area (Å²) in [6.07, 6.45) is 3.88. The van der Waals surface area contributed by atoms with Gasteiger partial charge in [-0.2, -0.15) is 0 Å². The Bertz CT molecular complexity index is 894. The van der Waals surface area contributed by atoms with E-state index in [2.05, 4.69) is 6.92 Å². The quantitative estimate of drug-likeness (QED) is 0.765. The van der Waals surface area contributed by atoms with E-state index in [-0.39, 0.29) is 17.4 Å². The number of nitrogens with zero attached hydrogens (tertiary/aromatic N) is 2. The van der Waals surface area contributed by atoms with Crippen molar-refractivity contribution in [1.82, 2.24) is 9.80 Å². The normalized spacial score (nSPS) is 19.9. The molecule has 28 heavy (non-hydrogen) atoms. The highest BCUT2D eigenvalue weighted by atomic mass is 32.1. The lowest BCUT2D eigenvalue weighted by Gasteiger charge is -2.24. The highest BCUT2D eigenvalue weighted by Crippen LogP contribution is 2.33. The van der Waals surface area contributed by atoms with Gasteiger partial charge in [0.25, 0.3) is 11.8 Å². The van der Waals surface area contributed by atoms with E-state index in [0.717, 1.165) is 24.8 Å². The second kappa shape index (κ2) is 8.03. The first-order valence-corrected chi connectivity index (χ1v) is 10.8. The molecule has 0 saturated carbocycles. The van der Waals surface area contributed by atoms with Crippen molar-refractivity contribution in [2.45, 2.75) is 32.6 Å². The zero-order valence-electron chi connectivity index (χ0n) is 16.1. The molecule has 1 saturated heterocycles. The number of rotatable bonds is 2. The van der Waals surface area contributed by atoms with Gasteiger partial charge in [0.05, 0.1) is 11.1 Å². The number of fused-ring (bicyclic) bond motifs is 1. The molecule has 4 rings (SSSR count). The lowest BCUT2D eigenvalue weighted by atomic mass is 9.88. The fourth-order valence-corrected chi connectivity index (χ4v) is 5.39. The molecule has 0 bridgehead atoms. The largest absolute Gasteiger partial charge is 0.337 e. The molecule has 0 spiro atoms. The van der Waals surface area contributed by atoms with Gasteiger partial charge in [-0.15, -0.1) is 11.3 Å². The van der Waals surface area contributed by atoms with Crippen molar-refractivity contribution in [3.63, 3.8) is 0 Å². The van der Waals surface area contributed by atoms with Gasteiger partial charge in [-0.3, -0.25) is 9.59 Å². The first-order valence-electron chi connectivity index (χ1n) is 9.97. The SMILES string of the molecule is CC1CCc2c(C(=O)N3CCCN(C(=O)c4ccccc4F)CC3)csc2C1. The number of carbonyl (C=O) groups excluding carboxylic acids is 2. The highest BCUT2D eigenvalue weighted by molar-refractivity contribution is 7.10. The van der Waals surface area contributed by atoms with Gasteiger partial charge in [0, 0.05) is 36.4 Å². The zero-order valence-corrected chi connectivity index (χ0v) is 16.9. The summed E-state index contributed by atoms with van der Waals surface area (Å²) in [5, 5.41) is 2.01. The Hall–Kier alpha value is -2.21. The Balaban J connectivity index is 1.45. The van der Waals surface area contributed by atoms with Crippen LogP contribution >= 0.6 is 11.3 Å². The summed E-state index contributed by atoms with van der Waals surface area (Å²) in [5.74, 6) is -0.0319. The van der Waals surface area contributed by atoms with Gasteiger partial charge in [-0.1, -0.05) is 19.1 Å². The van der Waals surface area contributed by atoms with Crippen LogP contribution in [0.5, 0.6) is 0 Å². The summed E-state index contributed by atoms with van der Waals surface area (Å²) in [4.78, 5) is 30.7. The number of carbonyl (C=O) groups is 2. The monoisotopic (exact) mass is 400 g/mol. The summed E-state index contributed by atoms with van der Waals surface area (Å²) in [5.41, 5.74) is 2.18. The van der Waals surface area contributed by atoms with E-state index >= 15 is 0 Å². The molecule has 1 aromatic carbocycles. The fraction of sp³-hybridized carbons (Fsp3) is 0.455. The van der Waals surface area contributed by atoms with E-state index < -0.39 is 5.82 Å². The average molecular weight is 401 g/mol. The van der Waals surface area contributed by atoms with Gasteiger partial charge in [0.2, 0.25) is 0 Å². The molecule has 1 unspecified atom stereocenters. The van der Waals surface area contributed by atoms with Gasteiger partial charge < -0.3 is 9.80 Å². The first kappa shape index (κ1) is 19.1. The van der Waals surface area contributed by atoms with Crippen molar-refractivity contribution >= 4 is 23.2 Å². The summed E-state index contributed by atoms with van der Waals surface area (Å²) in [6.45, 7) is 4.35. The molecule has 148 valence electrons. The number of hydrogen-bond acceptors (Lipinski definition) is 3. The van der Waals surface area contributed by atoms with Crippen LogP contribution in [0.1, 0.15) is 50.9 Å². The predicted molar refractivity (Wildman–Crippen MR) is 108 cm³/mol. The molecule has 1 aliphatic heterocycles. The van der Waals surface area contributed by atoms with Crippen LogP contribution in [0.4, 0.5) is 4.39 Å². The lowest BCUT2D eigenvalue weighted by Crippen LogP contribution is -2.37. The molecule has 6 heteroatoms. The third kappa shape index (κ3) is 3.70. The Kier molecular flexibility index (Phi) is 5.49. The number of amides is 2. The minimum absolute atomic E-state index is 0.0762. The summed E-state index contributed by atoms with van der Waals surface area (Å²) in [7, 11) is 0. The summed E-state index contributed by atoms with van der Waals surface area (Å²) < 4.78 is 14.0. The molecule has 1 fully saturated rings. The predicted octanol–water partition coefficient (Wildman–Crippen LogP) is 4.00. The van der Waals surface area contributed by atoms with Crippen molar-refractivity contribution < 1.29 is 14.0 Å². The Morgan fingerprint density at radius 2 is 1.71 bits per heavy atom. The number of thiophene rings is 1. The first-order chi connectivity index (χ1) is 13.5. The molecule has 2 heterocycles. The second-order valence-corrected chi connectivity index (χ2v) is 8.78. The van der Waals surface area contributed by atoms with Crippen LogP contribution in [0.2, 0.25) is 0 Å². The third-order valence-corrected chi connectivity index (χ3v) is 6.86. The molecule has 2 amide bonds. The zero-order chi connectivity index (χ0) is 19.7. The molecule has 1 atom stereocenters. The maximum absolute atomic E-state index is 14.0. The molecule has 2 aliphatic rings. The van der Waals surface area contributed by atoms with Crippen LogP contribution in [-0.2, 0) is 12.8 Å². The van der Waals surface area contributed by atoms with Gasteiger partial charge in [-0.25, -0.2) is 4.39 Å². The molecule has 0 radical (unpaired) electrons. The van der Waals surface area contributed by atoms with Crippen LogP contribution in [0, 0.1) is 11.7 Å². The fourth-order valence-electron chi connectivity index (χ4n) is 4.16. The second-order valence-electron chi connectivity index (χ2n) is 7.82. The van der Waals surface area contributed by atoms with Crippen molar-refractivity contribution in [3.05, 3.63) is 57.0 Å². The maximum atomic E-state index is 14.0. The molecule has 2 aromatic rings. The molecule has 4 nitrogen and oxygen atoms in total. The van der Waals surface area contributed by atoms with Gasteiger partial charge in [0.1, 0.15) is 5.82 Å². The topological polar surface area (TPSA) is 40.6 Å². The maximum Gasteiger partial charge on any atom is 0.256 e. The van der Waals surface area contributed by atoms with Crippen LogP contribution in [0.25, 0.3) is 0 Å². The van der Waals surface area contributed by atoms with Crippen molar-refractivity contribution in [3.8, 4) is 0 Å². The van der Waals surface area contributed by atoms with E-state index in [4.69, 9.17) is 0 Å². The van der Waals surface area contributed by atoms with E-state index in [9.17, 15) is 14.0 Å². The molecule has 1 aliphatic carbocycles. The lowest BCUT2D eigenvalue weighted by molar-refractivity contribution is 0.0715. The third-order valence-electron chi connectivity index (χ3n) is 5.81. The van der Waals surface area contributed by atoms with E-state index in [0.29, 0.717) is 38.5 Å². The molecule has 0 N–H and O–H groups in total. The van der Waals surface area contributed by atoms with Gasteiger partial charge in [0.15, 0.2) is 0 Å². The number of benzene rings is 1. The van der Waals surface area contributed by atoms with Crippen LogP contribution in [0.3, 0.4) is 0 Å². The average Bonchev–Trinajstić information content (AvgIpc) is 2.94. The Morgan fingerprint density at radius 3 is 2.43 bits per heavy atom. The molecular formula is C22H25FN2O2S. The standard InChI is InChI=1S/C22H25FN2O2S/c1-15-7-8-16-18(14-28-20(16)13-15)22(27)25-10-4-9-24(11-12-25)21(26)17-5-2-3-6-19(17)23/h2-3,5-6,14-15H,4,7-13H2,1H3. The minimum atomic E-state index is -0.496. The number of halogens is 1. The molecule has 1 aromatic heterocycles. The Morgan fingerprint density at radius 1 is 1.04 bits per heavy atom. The Labute approximate surface area is 169 Å². The van der Waals surface area contributed by atoms with E-state index in [1.54, 1.807) is 28.4 Å². The van der Waals surface area contributed by atoms with Crippen molar-refractivity contribution in [1.29, 1.82) is 0 Å².